The Kier molecular flexibility index (Phi) is 5.15. The van der Waals surface area contributed by atoms with E-state index in [1.165, 1.54) is 0 Å². The molecule has 0 spiro atoms. The molecule has 0 unspecified atom stereocenters. The number of hydrogen-bond donors (Lipinski definition) is 2. The average Bonchev–Trinajstić information content (AvgIpc) is 2.26. The summed E-state index contributed by atoms with van der Waals surface area (Å²) in [4.78, 5) is 11.7. The molecule has 0 atom stereocenters. The van der Waals surface area contributed by atoms with Gasteiger partial charge in [-0.1, -0.05) is 35.0 Å². The molecule has 0 aromatic heterocycles. The van der Waals surface area contributed by atoms with Crippen molar-refractivity contribution in [3.63, 3.8) is 0 Å². The number of likely N-dealkylation sites (N-methyl/N-ethyl adjacent to an activating group) is 1. The molecule has 94 valence electrons. The Morgan fingerprint density at radius 1 is 1.29 bits per heavy atom. The number of halogens is 1. The summed E-state index contributed by atoms with van der Waals surface area (Å²) >= 11 is 3.40. The van der Waals surface area contributed by atoms with Crippen LogP contribution in [0.2, 0.25) is 0 Å². The van der Waals surface area contributed by atoms with E-state index >= 15 is 0 Å². The third-order valence-corrected chi connectivity index (χ3v) is 3.08. The van der Waals surface area contributed by atoms with Crippen molar-refractivity contribution in [2.75, 3.05) is 13.1 Å². The van der Waals surface area contributed by atoms with Gasteiger partial charge in [0.25, 0.3) is 0 Å². The lowest BCUT2D eigenvalue weighted by molar-refractivity contribution is -0.121. The largest absolute Gasteiger partial charge is 0.346 e. The first-order chi connectivity index (χ1) is 7.95. The first-order valence-electron chi connectivity index (χ1n) is 5.73. The van der Waals surface area contributed by atoms with Gasteiger partial charge in [-0.3, -0.25) is 4.79 Å². The van der Waals surface area contributed by atoms with Crippen LogP contribution in [0.1, 0.15) is 26.3 Å². The summed E-state index contributed by atoms with van der Waals surface area (Å²) in [5.41, 5.74) is 0.735. The summed E-state index contributed by atoms with van der Waals surface area (Å²) in [6.07, 6.45) is 0. The van der Waals surface area contributed by atoms with Crippen LogP contribution in [0, 0.1) is 0 Å². The zero-order valence-corrected chi connectivity index (χ0v) is 12.1. The molecule has 1 aromatic rings. The van der Waals surface area contributed by atoms with Gasteiger partial charge in [-0.15, -0.1) is 0 Å². The van der Waals surface area contributed by atoms with E-state index in [1.54, 1.807) is 0 Å². The van der Waals surface area contributed by atoms with E-state index in [-0.39, 0.29) is 11.4 Å². The van der Waals surface area contributed by atoms with E-state index in [0.717, 1.165) is 16.6 Å². The molecule has 17 heavy (non-hydrogen) atoms. The minimum Gasteiger partial charge on any atom is -0.346 e. The monoisotopic (exact) mass is 298 g/mol. The van der Waals surface area contributed by atoms with Crippen molar-refractivity contribution < 1.29 is 4.79 Å². The number of amides is 1. The zero-order chi connectivity index (χ0) is 12.9. The second-order valence-corrected chi connectivity index (χ2v) is 5.38. The molecule has 0 aliphatic heterocycles. The van der Waals surface area contributed by atoms with Crippen molar-refractivity contribution in [1.82, 2.24) is 10.6 Å². The maximum Gasteiger partial charge on any atom is 0.234 e. The molecular weight excluding hydrogens is 280 g/mol. The van der Waals surface area contributed by atoms with Gasteiger partial charge in [0.15, 0.2) is 0 Å². The summed E-state index contributed by atoms with van der Waals surface area (Å²) in [5, 5.41) is 6.02. The van der Waals surface area contributed by atoms with Crippen LogP contribution >= 0.6 is 15.9 Å². The molecule has 0 saturated carbocycles. The van der Waals surface area contributed by atoms with Gasteiger partial charge in [-0.2, -0.15) is 0 Å². The van der Waals surface area contributed by atoms with Crippen molar-refractivity contribution in [1.29, 1.82) is 0 Å². The third kappa shape index (κ3) is 4.48. The van der Waals surface area contributed by atoms with E-state index < -0.39 is 0 Å². The molecule has 2 N–H and O–H groups in total. The zero-order valence-electron chi connectivity index (χ0n) is 10.5. The topological polar surface area (TPSA) is 41.1 Å². The van der Waals surface area contributed by atoms with Crippen molar-refractivity contribution in [2.24, 2.45) is 0 Å². The van der Waals surface area contributed by atoms with Gasteiger partial charge in [0.2, 0.25) is 5.91 Å². The molecule has 0 aliphatic rings. The number of benzene rings is 1. The molecule has 1 rings (SSSR count). The highest BCUT2D eigenvalue weighted by Gasteiger charge is 2.22. The molecule has 1 amide bonds. The lowest BCUT2D eigenvalue weighted by Gasteiger charge is -2.27. The lowest BCUT2D eigenvalue weighted by Crippen LogP contribution is -2.44. The summed E-state index contributed by atoms with van der Waals surface area (Å²) in [7, 11) is 0. The Labute approximate surface area is 111 Å². The molecule has 0 saturated heterocycles. The molecule has 4 heteroatoms. The highest BCUT2D eigenvalue weighted by molar-refractivity contribution is 9.10. The Morgan fingerprint density at radius 3 is 2.41 bits per heavy atom. The van der Waals surface area contributed by atoms with Gasteiger partial charge < -0.3 is 10.6 Å². The second-order valence-electron chi connectivity index (χ2n) is 4.46. The number of rotatable bonds is 5. The summed E-state index contributed by atoms with van der Waals surface area (Å²) in [5.74, 6) is 0.0137. The highest BCUT2D eigenvalue weighted by Crippen LogP contribution is 2.21. The third-order valence-electron chi connectivity index (χ3n) is 2.55. The van der Waals surface area contributed by atoms with Crippen LogP contribution in [-0.2, 0) is 10.3 Å². The van der Waals surface area contributed by atoms with Gasteiger partial charge in [0.05, 0.1) is 12.1 Å². The Hall–Kier alpha value is -0.870. The van der Waals surface area contributed by atoms with Crippen LogP contribution in [-0.4, -0.2) is 19.0 Å². The Balaban J connectivity index is 2.67. The van der Waals surface area contributed by atoms with Crippen LogP contribution in [0.15, 0.2) is 28.7 Å². The van der Waals surface area contributed by atoms with Crippen LogP contribution in [0.4, 0.5) is 0 Å². The minimum atomic E-state index is -0.354. The van der Waals surface area contributed by atoms with Gasteiger partial charge in [0, 0.05) is 4.47 Å². The molecule has 0 fully saturated rings. The van der Waals surface area contributed by atoms with E-state index in [1.807, 2.05) is 45.0 Å². The van der Waals surface area contributed by atoms with Crippen LogP contribution < -0.4 is 10.6 Å². The molecule has 0 heterocycles. The van der Waals surface area contributed by atoms with Crippen molar-refractivity contribution in [3.05, 3.63) is 34.3 Å². The van der Waals surface area contributed by atoms with E-state index in [4.69, 9.17) is 0 Å². The minimum absolute atomic E-state index is 0.0137. The Bertz CT molecular complexity index is 374. The molecule has 0 aliphatic carbocycles. The fourth-order valence-electron chi connectivity index (χ4n) is 1.57. The van der Waals surface area contributed by atoms with Gasteiger partial charge in [-0.05, 0) is 38.1 Å². The predicted molar refractivity (Wildman–Crippen MR) is 73.9 cm³/mol. The molecule has 0 radical (unpaired) electrons. The van der Waals surface area contributed by atoms with E-state index in [9.17, 15) is 4.79 Å². The average molecular weight is 299 g/mol. The predicted octanol–water partition coefficient (Wildman–Crippen LogP) is 2.41. The number of hydrogen-bond acceptors (Lipinski definition) is 2. The summed E-state index contributed by atoms with van der Waals surface area (Å²) < 4.78 is 1.04. The fourth-order valence-corrected chi connectivity index (χ4v) is 1.83. The smallest absolute Gasteiger partial charge is 0.234 e. The van der Waals surface area contributed by atoms with Crippen molar-refractivity contribution in [3.8, 4) is 0 Å². The fraction of sp³-hybridized carbons (Fsp3) is 0.462. The number of carbonyl (C=O) groups excluding carboxylic acids is 1. The van der Waals surface area contributed by atoms with Crippen LogP contribution in [0.3, 0.4) is 0 Å². The van der Waals surface area contributed by atoms with Crippen molar-refractivity contribution in [2.45, 2.75) is 26.3 Å². The molecular formula is C13H19BrN2O. The summed E-state index contributed by atoms with van der Waals surface area (Å²) in [6.45, 7) is 7.13. The van der Waals surface area contributed by atoms with Crippen LogP contribution in [0.5, 0.6) is 0 Å². The van der Waals surface area contributed by atoms with Crippen molar-refractivity contribution >= 4 is 21.8 Å². The molecule has 0 bridgehead atoms. The maximum atomic E-state index is 11.7. The number of carbonyl (C=O) groups is 1. The lowest BCUT2D eigenvalue weighted by atomic mass is 9.94. The van der Waals surface area contributed by atoms with E-state index in [0.29, 0.717) is 6.54 Å². The van der Waals surface area contributed by atoms with E-state index in [2.05, 4.69) is 26.6 Å². The van der Waals surface area contributed by atoms with Crippen LogP contribution in [0.25, 0.3) is 0 Å². The quantitative estimate of drug-likeness (QED) is 0.876. The highest BCUT2D eigenvalue weighted by atomic mass is 79.9. The summed E-state index contributed by atoms with van der Waals surface area (Å²) in [6, 6.07) is 7.98. The van der Waals surface area contributed by atoms with Gasteiger partial charge in [0.1, 0.15) is 0 Å². The molecule has 1 aromatic carbocycles. The first kappa shape index (κ1) is 14.2. The SMILES string of the molecule is CCNCC(=O)NC(C)(C)c1ccc(Br)cc1. The molecule has 3 nitrogen and oxygen atoms in total. The maximum absolute atomic E-state index is 11.7. The standard InChI is InChI=1S/C13H19BrN2O/c1-4-15-9-12(17)16-13(2,3)10-5-7-11(14)8-6-10/h5-8,15H,4,9H2,1-3H3,(H,16,17). The normalized spacial score (nSPS) is 11.3. The Morgan fingerprint density at radius 2 is 1.88 bits per heavy atom. The van der Waals surface area contributed by atoms with Gasteiger partial charge >= 0.3 is 0 Å². The number of nitrogens with one attached hydrogen (secondary N) is 2. The first-order valence-corrected chi connectivity index (χ1v) is 6.53. The second kappa shape index (κ2) is 6.17. The van der Waals surface area contributed by atoms with Gasteiger partial charge in [-0.25, -0.2) is 0 Å².